The van der Waals surface area contributed by atoms with Gasteiger partial charge in [-0.2, -0.15) is 0 Å². The molecule has 2 unspecified atom stereocenters. The molecule has 8 nitrogen and oxygen atoms in total. The van der Waals surface area contributed by atoms with E-state index < -0.39 is 0 Å². The number of amides is 2. The summed E-state index contributed by atoms with van der Waals surface area (Å²) in [6.07, 6.45) is 1.82. The number of thioether (sulfide) groups is 1. The molecule has 9 heteroatoms. The lowest BCUT2D eigenvalue weighted by Crippen LogP contribution is -2.45. The van der Waals surface area contributed by atoms with E-state index in [0.717, 1.165) is 23.9 Å². The summed E-state index contributed by atoms with van der Waals surface area (Å²) < 4.78 is 5.77. The van der Waals surface area contributed by atoms with Crippen LogP contribution >= 0.6 is 11.8 Å². The molecule has 0 bridgehead atoms. The number of morpholine rings is 1. The van der Waals surface area contributed by atoms with E-state index in [-0.39, 0.29) is 29.8 Å². The van der Waals surface area contributed by atoms with Crippen LogP contribution in [0.1, 0.15) is 20.8 Å². The smallest absolute Gasteiger partial charge is 0.234 e. The highest BCUT2D eigenvalue weighted by Crippen LogP contribution is 2.23. The average molecular weight is 416 g/mol. The van der Waals surface area contributed by atoms with Crippen molar-refractivity contribution in [3.8, 4) is 0 Å². The van der Waals surface area contributed by atoms with Crippen LogP contribution < -0.4 is 15.5 Å². The minimum Gasteiger partial charge on any atom is -0.372 e. The Morgan fingerprint density at radius 1 is 1.10 bits per heavy atom. The number of carbonyl (C=O) groups excluding carboxylic acids is 2. The number of ether oxygens (including phenoxy) is 1. The number of nitrogens with zero attached hydrogens (tertiary/aromatic N) is 3. The van der Waals surface area contributed by atoms with Crippen LogP contribution in [0.3, 0.4) is 0 Å². The Morgan fingerprint density at radius 2 is 1.72 bits per heavy atom. The van der Waals surface area contributed by atoms with Gasteiger partial charge < -0.3 is 20.3 Å². The fourth-order valence-corrected chi connectivity index (χ4v) is 3.79. The lowest BCUT2D eigenvalue weighted by Gasteiger charge is -2.36. The highest BCUT2D eigenvalue weighted by molar-refractivity contribution is 7.99. The first-order chi connectivity index (χ1) is 13.9. The number of hydrogen-bond donors (Lipinski definition) is 2. The Labute approximate surface area is 174 Å². The van der Waals surface area contributed by atoms with E-state index in [1.165, 1.54) is 25.0 Å². The van der Waals surface area contributed by atoms with Gasteiger partial charge in [-0.05, 0) is 38.1 Å². The zero-order valence-corrected chi connectivity index (χ0v) is 17.5. The molecule has 2 aromatic rings. The normalized spacial score (nSPS) is 18.9. The average Bonchev–Trinajstić information content (AvgIpc) is 2.67. The fourth-order valence-electron chi connectivity index (χ4n) is 3.12. The third-order valence-corrected chi connectivity index (χ3v) is 5.14. The van der Waals surface area contributed by atoms with Crippen LogP contribution in [-0.2, 0) is 14.3 Å². The molecular formula is C20H25N5O3S. The highest BCUT2D eigenvalue weighted by atomic mass is 32.2. The first-order valence-electron chi connectivity index (χ1n) is 9.42. The van der Waals surface area contributed by atoms with Gasteiger partial charge in [-0.25, -0.2) is 9.97 Å². The van der Waals surface area contributed by atoms with E-state index in [9.17, 15) is 9.59 Å². The van der Waals surface area contributed by atoms with E-state index in [1.807, 2.05) is 19.9 Å². The van der Waals surface area contributed by atoms with Crippen molar-refractivity contribution < 1.29 is 14.3 Å². The molecule has 1 aromatic heterocycles. The zero-order valence-electron chi connectivity index (χ0n) is 16.7. The van der Waals surface area contributed by atoms with Crippen LogP contribution in [0.4, 0.5) is 17.2 Å². The van der Waals surface area contributed by atoms with Crippen LogP contribution in [0.5, 0.6) is 0 Å². The number of anilines is 3. The van der Waals surface area contributed by atoms with Crippen LogP contribution in [0.2, 0.25) is 0 Å². The van der Waals surface area contributed by atoms with Crippen molar-refractivity contribution in [2.45, 2.75) is 38.0 Å². The molecule has 2 atom stereocenters. The second-order valence-electron chi connectivity index (χ2n) is 6.97. The molecular weight excluding hydrogens is 390 g/mol. The Kier molecular flexibility index (Phi) is 7.05. The maximum atomic E-state index is 12.2. The number of nitrogens with one attached hydrogen (secondary N) is 2. The third kappa shape index (κ3) is 6.43. The van der Waals surface area contributed by atoms with Gasteiger partial charge in [0, 0.05) is 37.5 Å². The monoisotopic (exact) mass is 415 g/mol. The van der Waals surface area contributed by atoms with Crippen LogP contribution in [0.15, 0.2) is 41.7 Å². The molecule has 29 heavy (non-hydrogen) atoms. The number of aromatic nitrogens is 2. The fraction of sp³-hybridized carbons (Fsp3) is 0.400. The Hall–Kier alpha value is -2.65. The molecule has 3 rings (SSSR count). The van der Waals surface area contributed by atoms with Crippen molar-refractivity contribution in [3.05, 3.63) is 36.7 Å². The lowest BCUT2D eigenvalue weighted by molar-refractivity contribution is -0.114. The molecule has 0 radical (unpaired) electrons. The quantitative estimate of drug-likeness (QED) is 0.553. The second-order valence-corrected chi connectivity index (χ2v) is 7.97. The Morgan fingerprint density at radius 3 is 2.34 bits per heavy atom. The van der Waals surface area contributed by atoms with Gasteiger partial charge in [-0.3, -0.25) is 9.59 Å². The van der Waals surface area contributed by atoms with Crippen molar-refractivity contribution in [1.29, 1.82) is 0 Å². The predicted molar refractivity (Wildman–Crippen MR) is 114 cm³/mol. The van der Waals surface area contributed by atoms with Crippen LogP contribution in [0.25, 0.3) is 0 Å². The van der Waals surface area contributed by atoms with Gasteiger partial charge in [0.1, 0.15) is 17.2 Å². The molecule has 0 aliphatic carbocycles. The molecule has 1 aliphatic heterocycles. The number of hydrogen-bond acceptors (Lipinski definition) is 7. The minimum absolute atomic E-state index is 0.129. The van der Waals surface area contributed by atoms with Gasteiger partial charge in [0.15, 0.2) is 0 Å². The van der Waals surface area contributed by atoms with Crippen molar-refractivity contribution >= 4 is 40.8 Å². The zero-order chi connectivity index (χ0) is 20.8. The molecule has 2 heterocycles. The maximum Gasteiger partial charge on any atom is 0.234 e. The predicted octanol–water partition coefficient (Wildman–Crippen LogP) is 2.78. The molecule has 1 aliphatic rings. The van der Waals surface area contributed by atoms with E-state index in [2.05, 4.69) is 25.5 Å². The van der Waals surface area contributed by atoms with Gasteiger partial charge in [-0.1, -0.05) is 11.8 Å². The van der Waals surface area contributed by atoms with Gasteiger partial charge in [0.2, 0.25) is 11.8 Å². The summed E-state index contributed by atoms with van der Waals surface area (Å²) in [6, 6.07) is 8.88. The standard InChI is InChI=1S/C20H25N5O3S/c1-13-9-25(10-14(2)28-13)18-8-20(22-12-21-18)29-11-19(27)24-17-6-4-16(5-7-17)23-15(3)26/h4-8,12-14H,9-11H2,1-3H3,(H,23,26)(H,24,27). The lowest BCUT2D eigenvalue weighted by atomic mass is 10.2. The molecule has 1 aromatic carbocycles. The Balaban J connectivity index is 1.53. The summed E-state index contributed by atoms with van der Waals surface area (Å²) >= 11 is 1.36. The molecule has 0 spiro atoms. The summed E-state index contributed by atoms with van der Waals surface area (Å²) in [5, 5.41) is 6.28. The largest absolute Gasteiger partial charge is 0.372 e. The minimum atomic E-state index is -0.136. The first-order valence-corrected chi connectivity index (χ1v) is 10.4. The summed E-state index contributed by atoms with van der Waals surface area (Å²) in [6.45, 7) is 7.10. The van der Waals surface area contributed by atoms with Gasteiger partial charge >= 0.3 is 0 Å². The summed E-state index contributed by atoms with van der Waals surface area (Å²) in [5.74, 6) is 0.817. The Bertz CT molecular complexity index is 851. The van der Waals surface area contributed by atoms with Gasteiger partial charge in [0.05, 0.1) is 18.0 Å². The topological polar surface area (TPSA) is 96.5 Å². The van der Waals surface area contributed by atoms with Crippen molar-refractivity contribution in [3.63, 3.8) is 0 Å². The molecule has 0 saturated carbocycles. The van der Waals surface area contributed by atoms with Crippen LogP contribution in [-0.4, -0.2) is 52.8 Å². The third-order valence-electron chi connectivity index (χ3n) is 4.21. The molecule has 2 N–H and O–H groups in total. The van der Waals surface area contributed by atoms with Crippen molar-refractivity contribution in [1.82, 2.24) is 9.97 Å². The molecule has 2 amide bonds. The van der Waals surface area contributed by atoms with Crippen molar-refractivity contribution in [2.24, 2.45) is 0 Å². The molecule has 1 saturated heterocycles. The SMILES string of the molecule is CC(=O)Nc1ccc(NC(=O)CSc2cc(N3CC(C)OC(C)C3)ncn2)cc1. The van der Waals surface area contributed by atoms with Gasteiger partial charge in [-0.15, -0.1) is 0 Å². The van der Waals surface area contributed by atoms with Crippen LogP contribution in [0, 0.1) is 0 Å². The maximum absolute atomic E-state index is 12.2. The molecule has 1 fully saturated rings. The number of benzene rings is 1. The van der Waals surface area contributed by atoms with Crippen molar-refractivity contribution in [2.75, 3.05) is 34.4 Å². The van der Waals surface area contributed by atoms with E-state index in [4.69, 9.17) is 4.74 Å². The summed E-state index contributed by atoms with van der Waals surface area (Å²) in [7, 11) is 0. The van der Waals surface area contributed by atoms with E-state index >= 15 is 0 Å². The van der Waals surface area contributed by atoms with E-state index in [0.29, 0.717) is 11.4 Å². The van der Waals surface area contributed by atoms with Gasteiger partial charge in [0.25, 0.3) is 0 Å². The van der Waals surface area contributed by atoms with E-state index in [1.54, 1.807) is 24.3 Å². The number of rotatable bonds is 6. The second kappa shape index (κ2) is 9.71. The highest BCUT2D eigenvalue weighted by Gasteiger charge is 2.23. The number of carbonyl (C=O) groups is 2. The first kappa shape index (κ1) is 21.1. The molecule has 154 valence electrons. The summed E-state index contributed by atoms with van der Waals surface area (Å²) in [4.78, 5) is 34.1. The summed E-state index contributed by atoms with van der Waals surface area (Å²) in [5.41, 5.74) is 1.36.